The van der Waals surface area contributed by atoms with Crippen LogP contribution in [0.3, 0.4) is 0 Å². The van der Waals surface area contributed by atoms with Gasteiger partial charge in [-0.25, -0.2) is 4.79 Å². The number of nitrogens with zero attached hydrogens (tertiary/aromatic N) is 1. The Kier molecular flexibility index (Phi) is 4.17. The first-order chi connectivity index (χ1) is 12.3. The lowest BCUT2D eigenvalue weighted by Crippen LogP contribution is -2.62. The van der Waals surface area contributed by atoms with Crippen LogP contribution in [0, 0.1) is 5.92 Å². The summed E-state index contributed by atoms with van der Waals surface area (Å²) in [5.74, 6) is 0.560. The van der Waals surface area contributed by atoms with Crippen molar-refractivity contribution in [3.63, 3.8) is 0 Å². The van der Waals surface area contributed by atoms with Crippen LogP contribution in [0.2, 0.25) is 0 Å². The monoisotopic (exact) mass is 353 g/mol. The second kappa shape index (κ2) is 6.14. The van der Waals surface area contributed by atoms with Gasteiger partial charge in [0.15, 0.2) is 0 Å². The van der Waals surface area contributed by atoms with Crippen molar-refractivity contribution < 1.29 is 9.53 Å². The number of amides is 1. The summed E-state index contributed by atoms with van der Waals surface area (Å²) in [6.07, 6.45) is 8.89. The van der Waals surface area contributed by atoms with Gasteiger partial charge in [-0.3, -0.25) is 0 Å². The van der Waals surface area contributed by atoms with E-state index in [0.29, 0.717) is 5.92 Å². The molecule has 140 valence electrons. The van der Waals surface area contributed by atoms with Crippen LogP contribution in [0.15, 0.2) is 24.8 Å². The number of rotatable bonds is 1. The van der Waals surface area contributed by atoms with Crippen LogP contribution >= 0.6 is 0 Å². The zero-order valence-corrected chi connectivity index (χ0v) is 16.4. The maximum atomic E-state index is 12.9. The summed E-state index contributed by atoms with van der Waals surface area (Å²) in [5, 5.41) is 0. The van der Waals surface area contributed by atoms with Crippen molar-refractivity contribution in [1.82, 2.24) is 4.90 Å². The number of carbonyl (C=O) groups excluding carboxylic acids is 1. The molecule has 0 spiro atoms. The van der Waals surface area contributed by atoms with E-state index >= 15 is 0 Å². The molecule has 0 radical (unpaired) electrons. The molecule has 3 heteroatoms. The number of benzene rings is 1. The Labute approximate surface area is 157 Å². The lowest BCUT2D eigenvalue weighted by molar-refractivity contribution is -0.0348. The topological polar surface area (TPSA) is 29.5 Å². The minimum Gasteiger partial charge on any atom is -0.444 e. The molecule has 3 aliphatic rings. The van der Waals surface area contributed by atoms with Gasteiger partial charge in [-0.1, -0.05) is 43.7 Å². The van der Waals surface area contributed by atoms with Crippen molar-refractivity contribution in [2.75, 3.05) is 6.54 Å². The van der Waals surface area contributed by atoms with Crippen LogP contribution < -0.4 is 0 Å². The predicted octanol–water partition coefficient (Wildman–Crippen LogP) is 5.32. The molecule has 1 amide bonds. The maximum Gasteiger partial charge on any atom is 0.410 e. The second-order valence-corrected chi connectivity index (χ2v) is 9.32. The molecular formula is C23H31NO2. The summed E-state index contributed by atoms with van der Waals surface area (Å²) >= 11 is 0. The Morgan fingerprint density at radius 3 is 2.85 bits per heavy atom. The van der Waals surface area contributed by atoms with Gasteiger partial charge in [0.05, 0.1) is 0 Å². The van der Waals surface area contributed by atoms with Gasteiger partial charge < -0.3 is 9.64 Å². The molecule has 1 aliphatic heterocycles. The molecule has 2 aliphatic carbocycles. The Hall–Kier alpha value is -1.77. The summed E-state index contributed by atoms with van der Waals surface area (Å²) in [4.78, 5) is 14.9. The highest BCUT2D eigenvalue weighted by Gasteiger charge is 2.55. The van der Waals surface area contributed by atoms with Crippen molar-refractivity contribution in [3.05, 3.63) is 41.5 Å². The number of hydrogen-bond donors (Lipinski definition) is 0. The third-order valence-corrected chi connectivity index (χ3v) is 6.72. The summed E-state index contributed by atoms with van der Waals surface area (Å²) in [6.45, 7) is 10.6. The molecule has 0 aromatic heterocycles. The lowest BCUT2D eigenvalue weighted by atomic mass is 9.52. The number of piperidine rings is 1. The van der Waals surface area contributed by atoms with Gasteiger partial charge in [0.1, 0.15) is 5.60 Å². The Bertz CT molecular complexity index is 732. The molecule has 1 heterocycles. The first-order valence-electron chi connectivity index (χ1n) is 10.1. The molecule has 1 saturated carbocycles. The Morgan fingerprint density at radius 1 is 1.31 bits per heavy atom. The van der Waals surface area contributed by atoms with E-state index < -0.39 is 5.60 Å². The Morgan fingerprint density at radius 2 is 2.12 bits per heavy atom. The van der Waals surface area contributed by atoms with Gasteiger partial charge >= 0.3 is 6.09 Å². The molecular weight excluding hydrogens is 322 g/mol. The first-order valence-corrected chi connectivity index (χ1v) is 10.1. The van der Waals surface area contributed by atoms with Crippen molar-refractivity contribution in [1.29, 1.82) is 0 Å². The summed E-state index contributed by atoms with van der Waals surface area (Å²) in [5.41, 5.74) is 3.99. The molecule has 0 unspecified atom stereocenters. The first kappa shape index (κ1) is 17.6. The van der Waals surface area contributed by atoms with Gasteiger partial charge in [0, 0.05) is 18.0 Å². The van der Waals surface area contributed by atoms with Gasteiger partial charge in [0.2, 0.25) is 0 Å². The zero-order valence-electron chi connectivity index (χ0n) is 16.4. The highest BCUT2D eigenvalue weighted by Crippen LogP contribution is 2.56. The third-order valence-electron chi connectivity index (χ3n) is 6.72. The quantitative estimate of drug-likeness (QED) is 0.683. The van der Waals surface area contributed by atoms with Gasteiger partial charge in [-0.05, 0) is 69.1 Å². The largest absolute Gasteiger partial charge is 0.444 e. The third kappa shape index (κ3) is 2.76. The summed E-state index contributed by atoms with van der Waals surface area (Å²) in [6, 6.07) is 7.09. The molecule has 1 aromatic rings. The number of likely N-dealkylation sites (tertiary alicyclic amines) is 1. The van der Waals surface area contributed by atoms with Crippen LogP contribution in [0.4, 0.5) is 4.79 Å². The fourth-order valence-corrected chi connectivity index (χ4v) is 5.70. The minimum atomic E-state index is -0.441. The molecule has 3 nitrogen and oxygen atoms in total. The van der Waals surface area contributed by atoms with E-state index in [2.05, 4.69) is 24.8 Å². The predicted molar refractivity (Wildman–Crippen MR) is 105 cm³/mol. The van der Waals surface area contributed by atoms with Crippen LogP contribution in [-0.4, -0.2) is 29.2 Å². The van der Waals surface area contributed by atoms with Crippen LogP contribution in [0.25, 0.3) is 6.08 Å². The van der Waals surface area contributed by atoms with E-state index in [1.807, 2.05) is 31.7 Å². The average Bonchev–Trinajstić information content (AvgIpc) is 2.60. The summed E-state index contributed by atoms with van der Waals surface area (Å²) in [7, 11) is 0. The van der Waals surface area contributed by atoms with E-state index in [9.17, 15) is 4.79 Å². The smallest absolute Gasteiger partial charge is 0.410 e. The van der Waals surface area contributed by atoms with Gasteiger partial charge in [-0.2, -0.15) is 0 Å². The zero-order chi connectivity index (χ0) is 18.5. The average molecular weight is 354 g/mol. The number of carbonyl (C=O) groups is 1. The van der Waals surface area contributed by atoms with Crippen LogP contribution in [-0.2, 0) is 16.6 Å². The molecule has 4 rings (SSSR count). The molecule has 3 atom stereocenters. The van der Waals surface area contributed by atoms with Crippen molar-refractivity contribution in [2.45, 2.75) is 76.4 Å². The lowest BCUT2D eigenvalue weighted by Gasteiger charge is -2.58. The summed E-state index contributed by atoms with van der Waals surface area (Å²) < 4.78 is 5.74. The highest BCUT2D eigenvalue weighted by molar-refractivity contribution is 5.69. The molecule has 0 N–H and O–H groups in total. The molecule has 1 saturated heterocycles. The number of ether oxygens (including phenoxy) is 1. The Balaban J connectivity index is 1.74. The van der Waals surface area contributed by atoms with Gasteiger partial charge in [0.25, 0.3) is 0 Å². The minimum absolute atomic E-state index is 0.132. The van der Waals surface area contributed by atoms with Crippen LogP contribution in [0.5, 0.6) is 0 Å². The SMILES string of the molecule is C=Cc1ccc2c(c1)[C@@]13CCCC[C@H]1[C@@H](C2)N(C(=O)OC(C)(C)C)CC3. The second-order valence-electron chi connectivity index (χ2n) is 9.32. The molecule has 1 aromatic carbocycles. The molecule has 2 bridgehead atoms. The number of hydrogen-bond acceptors (Lipinski definition) is 2. The molecule has 26 heavy (non-hydrogen) atoms. The van der Waals surface area contributed by atoms with E-state index in [1.165, 1.54) is 36.8 Å². The van der Waals surface area contributed by atoms with E-state index in [-0.39, 0.29) is 17.6 Å². The standard InChI is InChI=1S/C23H31NO2/c1-5-16-9-10-17-15-20-18-8-6-7-11-23(18,19(17)14-16)12-13-24(20)21(25)26-22(2,3)4/h5,9-10,14,18,20H,1,6-8,11-13,15H2,2-4H3/t18-,20+,23+/m0/s1. The fraction of sp³-hybridized carbons (Fsp3) is 0.609. The maximum absolute atomic E-state index is 12.9. The van der Waals surface area contributed by atoms with E-state index in [4.69, 9.17) is 4.74 Å². The highest BCUT2D eigenvalue weighted by atomic mass is 16.6. The number of fused-ring (bicyclic) bond motifs is 1. The molecule has 2 fully saturated rings. The van der Waals surface area contributed by atoms with Crippen molar-refractivity contribution >= 4 is 12.2 Å². The van der Waals surface area contributed by atoms with E-state index in [1.54, 1.807) is 5.56 Å². The van der Waals surface area contributed by atoms with E-state index in [0.717, 1.165) is 19.4 Å². The van der Waals surface area contributed by atoms with Crippen molar-refractivity contribution in [3.8, 4) is 0 Å². The van der Waals surface area contributed by atoms with Crippen LogP contribution in [0.1, 0.15) is 69.6 Å². The fourth-order valence-electron chi connectivity index (χ4n) is 5.70. The van der Waals surface area contributed by atoms with Gasteiger partial charge in [-0.15, -0.1) is 0 Å². The van der Waals surface area contributed by atoms with Crippen molar-refractivity contribution in [2.24, 2.45) is 5.92 Å². The normalized spacial score (nSPS) is 30.2.